The van der Waals surface area contributed by atoms with Crippen LogP contribution in [0.3, 0.4) is 0 Å². The number of nitrogens with zero attached hydrogens (tertiary/aromatic N) is 1. The van der Waals surface area contributed by atoms with Crippen molar-refractivity contribution in [2.24, 2.45) is 0 Å². The first-order valence-corrected chi connectivity index (χ1v) is 9.54. The van der Waals surface area contributed by atoms with Crippen LogP contribution in [0.25, 0.3) is 10.9 Å². The number of carbonyl (C=O) groups is 2. The summed E-state index contributed by atoms with van der Waals surface area (Å²) in [5.41, 5.74) is 3.99. The second-order valence-electron chi connectivity index (χ2n) is 7.08. The van der Waals surface area contributed by atoms with Crippen LogP contribution in [0.4, 0.5) is 10.5 Å². The lowest BCUT2D eigenvalue weighted by Crippen LogP contribution is -2.43. The van der Waals surface area contributed by atoms with Crippen LogP contribution in [0.2, 0.25) is 5.02 Å². The number of hydrogen-bond donors (Lipinski definition) is 3. The number of nitrogens with one attached hydrogen (secondary N) is 3. The van der Waals surface area contributed by atoms with Gasteiger partial charge in [0, 0.05) is 41.4 Å². The highest BCUT2D eigenvalue weighted by atomic mass is 35.5. The van der Waals surface area contributed by atoms with Crippen LogP contribution in [0.15, 0.2) is 48.5 Å². The third-order valence-electron chi connectivity index (χ3n) is 4.87. The van der Waals surface area contributed by atoms with E-state index in [1.54, 1.807) is 17.0 Å². The van der Waals surface area contributed by atoms with Crippen molar-refractivity contribution in [3.05, 3.63) is 64.8 Å². The lowest BCUT2D eigenvalue weighted by atomic mass is 10.1. The van der Waals surface area contributed by atoms with E-state index in [0.717, 1.165) is 27.8 Å². The van der Waals surface area contributed by atoms with E-state index >= 15 is 0 Å². The van der Waals surface area contributed by atoms with Crippen LogP contribution >= 0.6 is 11.6 Å². The van der Waals surface area contributed by atoms with Gasteiger partial charge in [-0.05, 0) is 60.3 Å². The van der Waals surface area contributed by atoms with E-state index in [1.165, 1.54) is 0 Å². The zero-order valence-corrected chi connectivity index (χ0v) is 16.2. The zero-order valence-electron chi connectivity index (χ0n) is 15.5. The Labute approximate surface area is 167 Å². The summed E-state index contributed by atoms with van der Waals surface area (Å²) in [5.74, 6) is -0.0131. The minimum Gasteiger partial charge on any atom is -0.359 e. The number of halogens is 1. The van der Waals surface area contributed by atoms with Gasteiger partial charge in [-0.1, -0.05) is 17.7 Å². The molecule has 6 nitrogen and oxygen atoms in total. The highest BCUT2D eigenvalue weighted by Gasteiger charge is 2.31. The van der Waals surface area contributed by atoms with Crippen molar-refractivity contribution in [1.82, 2.24) is 15.6 Å². The van der Waals surface area contributed by atoms with E-state index in [0.29, 0.717) is 18.1 Å². The van der Waals surface area contributed by atoms with Gasteiger partial charge >= 0.3 is 6.03 Å². The quantitative estimate of drug-likeness (QED) is 0.628. The standard InChI is InChI=1S/C21H21ClN4O2/c1-13-8-15-9-14(2-7-19(15)24-13)11-23-21(28)25-17-10-20(27)26(12-17)18-5-3-16(22)4-6-18/h2-9,17,24H,10-12H2,1H3,(H2,23,25,28). The Balaban J connectivity index is 1.32. The summed E-state index contributed by atoms with van der Waals surface area (Å²) >= 11 is 5.90. The molecule has 1 aromatic heterocycles. The maximum absolute atomic E-state index is 12.3. The van der Waals surface area contributed by atoms with Gasteiger partial charge in [0.2, 0.25) is 5.91 Å². The van der Waals surface area contributed by atoms with Crippen molar-refractivity contribution in [3.63, 3.8) is 0 Å². The molecule has 7 heteroatoms. The predicted molar refractivity (Wildman–Crippen MR) is 111 cm³/mol. The van der Waals surface area contributed by atoms with Crippen molar-refractivity contribution in [1.29, 1.82) is 0 Å². The normalized spacial score (nSPS) is 16.6. The molecule has 1 aliphatic heterocycles. The van der Waals surface area contributed by atoms with Crippen LogP contribution in [0.5, 0.6) is 0 Å². The molecule has 1 unspecified atom stereocenters. The van der Waals surface area contributed by atoms with Crippen LogP contribution in [0, 0.1) is 6.92 Å². The summed E-state index contributed by atoms with van der Waals surface area (Å²) in [6.07, 6.45) is 0.282. The summed E-state index contributed by atoms with van der Waals surface area (Å²) in [7, 11) is 0. The average molecular weight is 397 g/mol. The number of H-pyrrole nitrogens is 1. The molecule has 2 heterocycles. The molecule has 144 valence electrons. The van der Waals surface area contributed by atoms with Gasteiger partial charge in [-0.15, -0.1) is 0 Å². The summed E-state index contributed by atoms with van der Waals surface area (Å²) in [6.45, 7) is 2.89. The Morgan fingerprint density at radius 2 is 2.00 bits per heavy atom. The van der Waals surface area contributed by atoms with Gasteiger partial charge in [-0.2, -0.15) is 0 Å². The number of urea groups is 1. The highest BCUT2D eigenvalue weighted by molar-refractivity contribution is 6.30. The third-order valence-corrected chi connectivity index (χ3v) is 5.12. The Bertz CT molecular complexity index is 1030. The Kier molecular flexibility index (Phi) is 4.96. The zero-order chi connectivity index (χ0) is 19.7. The van der Waals surface area contributed by atoms with Gasteiger partial charge in [0.1, 0.15) is 0 Å². The number of aryl methyl sites for hydroxylation is 1. The van der Waals surface area contributed by atoms with Gasteiger partial charge in [0.05, 0.1) is 6.04 Å². The first kappa shape index (κ1) is 18.4. The fraction of sp³-hybridized carbons (Fsp3) is 0.238. The smallest absolute Gasteiger partial charge is 0.315 e. The van der Waals surface area contributed by atoms with E-state index in [2.05, 4.69) is 27.8 Å². The number of amides is 3. The van der Waals surface area contributed by atoms with E-state index in [1.807, 2.05) is 31.2 Å². The molecular formula is C21H21ClN4O2. The van der Waals surface area contributed by atoms with Crippen LogP contribution in [-0.4, -0.2) is 29.5 Å². The Morgan fingerprint density at radius 3 is 2.79 bits per heavy atom. The molecule has 1 fully saturated rings. The first-order chi connectivity index (χ1) is 13.5. The summed E-state index contributed by atoms with van der Waals surface area (Å²) in [5, 5.41) is 7.50. The molecule has 4 rings (SSSR count). The summed E-state index contributed by atoms with van der Waals surface area (Å²) in [4.78, 5) is 29.5. The minimum atomic E-state index is -0.277. The monoisotopic (exact) mass is 396 g/mol. The van der Waals surface area contributed by atoms with Crippen LogP contribution in [0.1, 0.15) is 17.7 Å². The molecule has 3 aromatic rings. The largest absolute Gasteiger partial charge is 0.359 e. The molecule has 28 heavy (non-hydrogen) atoms. The minimum absolute atomic E-state index is 0.0131. The van der Waals surface area contributed by atoms with Gasteiger partial charge in [-0.25, -0.2) is 4.79 Å². The highest BCUT2D eigenvalue weighted by Crippen LogP contribution is 2.23. The molecule has 3 amide bonds. The number of hydrogen-bond acceptors (Lipinski definition) is 2. The second-order valence-corrected chi connectivity index (χ2v) is 7.52. The van der Waals surface area contributed by atoms with E-state index in [-0.39, 0.29) is 24.4 Å². The molecule has 0 aliphatic carbocycles. The van der Waals surface area contributed by atoms with Crippen molar-refractivity contribution in [3.8, 4) is 0 Å². The number of anilines is 1. The molecule has 0 bridgehead atoms. The predicted octanol–water partition coefficient (Wildman–Crippen LogP) is 3.73. The summed E-state index contributed by atoms with van der Waals surface area (Å²) in [6, 6.07) is 14.7. The van der Waals surface area contributed by atoms with Crippen LogP contribution < -0.4 is 15.5 Å². The fourth-order valence-corrected chi connectivity index (χ4v) is 3.66. The Morgan fingerprint density at radius 1 is 1.21 bits per heavy atom. The van der Waals surface area contributed by atoms with Gasteiger partial charge in [-0.3, -0.25) is 4.79 Å². The molecule has 1 atom stereocenters. The molecule has 0 radical (unpaired) electrons. The number of aromatic amines is 1. The number of benzene rings is 2. The van der Waals surface area contributed by atoms with Crippen molar-refractivity contribution in [2.45, 2.75) is 25.9 Å². The lowest BCUT2D eigenvalue weighted by molar-refractivity contribution is -0.117. The molecule has 0 saturated carbocycles. The molecule has 1 aliphatic rings. The molecular weight excluding hydrogens is 376 g/mol. The fourth-order valence-electron chi connectivity index (χ4n) is 3.53. The van der Waals surface area contributed by atoms with Gasteiger partial charge < -0.3 is 20.5 Å². The van der Waals surface area contributed by atoms with E-state index < -0.39 is 0 Å². The average Bonchev–Trinajstić information content (AvgIpc) is 3.21. The summed E-state index contributed by atoms with van der Waals surface area (Å²) < 4.78 is 0. The number of fused-ring (bicyclic) bond motifs is 1. The van der Waals surface area contributed by atoms with Crippen LogP contribution in [-0.2, 0) is 11.3 Å². The van der Waals surface area contributed by atoms with Crippen molar-refractivity contribution in [2.75, 3.05) is 11.4 Å². The number of aromatic nitrogens is 1. The van der Waals surface area contributed by atoms with E-state index in [4.69, 9.17) is 11.6 Å². The van der Waals surface area contributed by atoms with Crippen molar-refractivity contribution >= 4 is 40.1 Å². The first-order valence-electron chi connectivity index (χ1n) is 9.16. The topological polar surface area (TPSA) is 77.2 Å². The lowest BCUT2D eigenvalue weighted by Gasteiger charge is -2.17. The van der Waals surface area contributed by atoms with E-state index in [9.17, 15) is 9.59 Å². The molecule has 0 spiro atoms. The third kappa shape index (κ3) is 3.97. The van der Waals surface area contributed by atoms with Gasteiger partial charge in [0.15, 0.2) is 0 Å². The van der Waals surface area contributed by atoms with Crippen molar-refractivity contribution < 1.29 is 9.59 Å². The SMILES string of the molecule is Cc1cc2cc(CNC(=O)NC3CC(=O)N(c4ccc(Cl)cc4)C3)ccc2[nH]1. The number of carbonyl (C=O) groups excluding carboxylic acids is 2. The maximum atomic E-state index is 12.3. The maximum Gasteiger partial charge on any atom is 0.315 e. The molecule has 1 saturated heterocycles. The molecule has 3 N–H and O–H groups in total. The molecule has 2 aromatic carbocycles. The Hall–Kier alpha value is -2.99. The number of rotatable bonds is 4. The second kappa shape index (κ2) is 7.56. The van der Waals surface area contributed by atoms with Gasteiger partial charge in [0.25, 0.3) is 0 Å².